The number of nitrogens with zero attached hydrogens (tertiary/aromatic N) is 2. The standard InChI is InChI=1S/C21H26N2O3/c1-22(2)14-16-7-6-10-18(13-16)21(25)23-11-12-26-19(15-24)20(23)17-8-4-3-5-9-17/h3-10,13,19-20,24H,11-12,14-15H2,1-2H3/t19-,20-/m1/s1. The van der Waals surface area contributed by atoms with E-state index in [0.29, 0.717) is 18.7 Å². The summed E-state index contributed by atoms with van der Waals surface area (Å²) in [5.74, 6) is -0.0267. The van der Waals surface area contributed by atoms with E-state index >= 15 is 0 Å². The van der Waals surface area contributed by atoms with Crippen LogP contribution in [-0.4, -0.2) is 60.8 Å². The Balaban J connectivity index is 1.91. The first-order chi connectivity index (χ1) is 12.6. The average molecular weight is 354 g/mol. The van der Waals surface area contributed by atoms with Crippen LogP contribution in [0.2, 0.25) is 0 Å². The molecular weight excluding hydrogens is 328 g/mol. The third-order valence-electron chi connectivity index (χ3n) is 4.61. The molecular formula is C21H26N2O3. The summed E-state index contributed by atoms with van der Waals surface area (Å²) in [6, 6.07) is 17.3. The van der Waals surface area contributed by atoms with E-state index < -0.39 is 6.10 Å². The Kier molecular flexibility index (Phi) is 6.04. The Bertz CT molecular complexity index is 733. The Morgan fingerprint density at radius 1 is 1.19 bits per heavy atom. The van der Waals surface area contributed by atoms with Gasteiger partial charge in [0.2, 0.25) is 0 Å². The van der Waals surface area contributed by atoms with Crippen LogP contribution in [0.25, 0.3) is 0 Å². The number of aliphatic hydroxyl groups excluding tert-OH is 1. The van der Waals surface area contributed by atoms with Crippen LogP contribution < -0.4 is 0 Å². The fraction of sp³-hybridized carbons (Fsp3) is 0.381. The normalized spacial score (nSPS) is 20.4. The molecule has 2 aromatic rings. The minimum Gasteiger partial charge on any atom is -0.394 e. The Morgan fingerprint density at radius 3 is 2.65 bits per heavy atom. The van der Waals surface area contributed by atoms with Crippen LogP contribution in [0.1, 0.15) is 27.5 Å². The van der Waals surface area contributed by atoms with Crippen LogP contribution in [0.4, 0.5) is 0 Å². The summed E-state index contributed by atoms with van der Waals surface area (Å²) < 4.78 is 5.74. The van der Waals surface area contributed by atoms with Crippen LogP contribution in [-0.2, 0) is 11.3 Å². The summed E-state index contributed by atoms with van der Waals surface area (Å²) in [7, 11) is 4.02. The van der Waals surface area contributed by atoms with Crippen LogP contribution in [0.15, 0.2) is 54.6 Å². The largest absolute Gasteiger partial charge is 0.394 e. The van der Waals surface area contributed by atoms with Crippen molar-refractivity contribution in [2.24, 2.45) is 0 Å². The van der Waals surface area contributed by atoms with Crippen molar-refractivity contribution in [3.05, 3.63) is 71.3 Å². The number of hydrogen-bond acceptors (Lipinski definition) is 4. The third-order valence-corrected chi connectivity index (χ3v) is 4.61. The van der Waals surface area contributed by atoms with E-state index in [1.165, 1.54) is 0 Å². The minimum atomic E-state index is -0.417. The van der Waals surface area contributed by atoms with Crippen molar-refractivity contribution in [3.63, 3.8) is 0 Å². The van der Waals surface area contributed by atoms with E-state index in [2.05, 4.69) is 4.90 Å². The van der Waals surface area contributed by atoms with E-state index in [0.717, 1.165) is 17.7 Å². The molecule has 26 heavy (non-hydrogen) atoms. The fourth-order valence-electron chi connectivity index (χ4n) is 3.49. The highest BCUT2D eigenvalue weighted by molar-refractivity contribution is 5.94. The molecule has 3 rings (SSSR count). The second-order valence-corrected chi connectivity index (χ2v) is 6.88. The molecule has 0 radical (unpaired) electrons. The minimum absolute atomic E-state index is 0.0267. The second kappa shape index (κ2) is 8.45. The molecule has 1 saturated heterocycles. The van der Waals surface area contributed by atoms with Gasteiger partial charge in [0.1, 0.15) is 6.10 Å². The summed E-state index contributed by atoms with van der Waals surface area (Å²) in [5, 5.41) is 9.77. The van der Waals surface area contributed by atoms with Crippen molar-refractivity contribution in [3.8, 4) is 0 Å². The molecule has 1 amide bonds. The van der Waals surface area contributed by atoms with Gasteiger partial charge in [-0.25, -0.2) is 0 Å². The van der Waals surface area contributed by atoms with Crippen molar-refractivity contribution < 1.29 is 14.6 Å². The van der Waals surface area contributed by atoms with Crippen LogP contribution in [0, 0.1) is 0 Å². The number of amides is 1. The maximum atomic E-state index is 13.3. The van der Waals surface area contributed by atoms with Crippen LogP contribution in [0.3, 0.4) is 0 Å². The Labute approximate surface area is 154 Å². The van der Waals surface area contributed by atoms with Gasteiger partial charge in [-0.05, 0) is 37.4 Å². The van der Waals surface area contributed by atoms with Gasteiger partial charge in [0, 0.05) is 18.7 Å². The number of aliphatic hydroxyl groups is 1. The number of carbonyl (C=O) groups is 1. The SMILES string of the molecule is CN(C)Cc1cccc(C(=O)N2CCO[C@H](CO)[C@H]2c2ccccc2)c1. The Hall–Kier alpha value is -2.21. The van der Waals surface area contributed by atoms with Gasteiger partial charge in [0.15, 0.2) is 0 Å². The Morgan fingerprint density at radius 2 is 1.96 bits per heavy atom. The lowest BCUT2D eigenvalue weighted by Gasteiger charge is -2.41. The summed E-state index contributed by atoms with van der Waals surface area (Å²) in [6.45, 7) is 1.60. The summed E-state index contributed by atoms with van der Waals surface area (Å²) >= 11 is 0. The first-order valence-electron chi connectivity index (χ1n) is 8.92. The molecule has 0 spiro atoms. The van der Waals surface area contributed by atoms with Crippen LogP contribution >= 0.6 is 0 Å². The molecule has 1 fully saturated rings. The molecule has 0 saturated carbocycles. The summed E-state index contributed by atoms with van der Waals surface area (Å²) in [4.78, 5) is 17.2. The average Bonchev–Trinajstić information content (AvgIpc) is 2.67. The predicted octanol–water partition coefficient (Wildman–Crippen LogP) is 2.32. The molecule has 138 valence electrons. The van der Waals surface area contributed by atoms with Crippen molar-refractivity contribution >= 4 is 5.91 Å². The molecule has 5 heteroatoms. The number of ether oxygens (including phenoxy) is 1. The van der Waals surface area contributed by atoms with Crippen molar-refractivity contribution in [2.75, 3.05) is 33.9 Å². The summed E-state index contributed by atoms with van der Waals surface area (Å²) in [5.41, 5.74) is 2.75. The van der Waals surface area contributed by atoms with Crippen molar-refractivity contribution in [2.45, 2.75) is 18.7 Å². The number of hydrogen-bond donors (Lipinski definition) is 1. The van der Waals surface area contributed by atoms with E-state index in [9.17, 15) is 9.90 Å². The maximum absolute atomic E-state index is 13.3. The molecule has 1 aliphatic heterocycles. The van der Waals surface area contributed by atoms with Gasteiger partial charge in [0.05, 0.1) is 19.3 Å². The van der Waals surface area contributed by atoms with E-state index in [-0.39, 0.29) is 18.6 Å². The zero-order valence-electron chi connectivity index (χ0n) is 15.3. The molecule has 5 nitrogen and oxygen atoms in total. The first-order valence-corrected chi connectivity index (χ1v) is 8.92. The highest BCUT2D eigenvalue weighted by Crippen LogP contribution is 2.31. The molecule has 1 N–H and O–H groups in total. The predicted molar refractivity (Wildman–Crippen MR) is 101 cm³/mol. The zero-order valence-corrected chi connectivity index (χ0v) is 15.3. The number of morpholine rings is 1. The van der Waals surface area contributed by atoms with Gasteiger partial charge in [-0.3, -0.25) is 4.79 Å². The molecule has 2 aromatic carbocycles. The monoisotopic (exact) mass is 354 g/mol. The van der Waals surface area contributed by atoms with E-state index in [1.54, 1.807) is 0 Å². The van der Waals surface area contributed by atoms with Crippen molar-refractivity contribution in [1.29, 1.82) is 0 Å². The highest BCUT2D eigenvalue weighted by Gasteiger charge is 2.36. The lowest BCUT2D eigenvalue weighted by Crippen LogP contribution is -2.49. The molecule has 2 atom stereocenters. The number of benzene rings is 2. The van der Waals surface area contributed by atoms with E-state index in [1.807, 2.05) is 73.6 Å². The molecule has 0 aromatic heterocycles. The van der Waals surface area contributed by atoms with Gasteiger partial charge >= 0.3 is 0 Å². The van der Waals surface area contributed by atoms with Gasteiger partial charge < -0.3 is 19.6 Å². The molecule has 1 aliphatic rings. The third kappa shape index (κ3) is 4.12. The lowest BCUT2D eigenvalue weighted by atomic mass is 9.97. The molecule has 0 bridgehead atoms. The maximum Gasteiger partial charge on any atom is 0.254 e. The van der Waals surface area contributed by atoms with Crippen molar-refractivity contribution in [1.82, 2.24) is 9.80 Å². The first kappa shape index (κ1) is 18.6. The van der Waals surface area contributed by atoms with Crippen LogP contribution in [0.5, 0.6) is 0 Å². The number of carbonyl (C=O) groups excluding carboxylic acids is 1. The molecule has 0 aliphatic carbocycles. The zero-order chi connectivity index (χ0) is 18.5. The van der Waals surface area contributed by atoms with Gasteiger partial charge in [-0.2, -0.15) is 0 Å². The summed E-state index contributed by atoms with van der Waals surface area (Å²) in [6.07, 6.45) is -0.417. The second-order valence-electron chi connectivity index (χ2n) is 6.88. The smallest absolute Gasteiger partial charge is 0.254 e. The molecule has 1 heterocycles. The lowest BCUT2D eigenvalue weighted by molar-refractivity contribution is -0.0811. The topological polar surface area (TPSA) is 53.0 Å². The van der Waals surface area contributed by atoms with Gasteiger partial charge in [-0.15, -0.1) is 0 Å². The number of rotatable bonds is 5. The fourth-order valence-corrected chi connectivity index (χ4v) is 3.49. The van der Waals surface area contributed by atoms with Gasteiger partial charge in [0.25, 0.3) is 5.91 Å². The quantitative estimate of drug-likeness (QED) is 0.895. The molecule has 0 unspecified atom stereocenters. The highest BCUT2D eigenvalue weighted by atomic mass is 16.5. The van der Waals surface area contributed by atoms with Gasteiger partial charge in [-0.1, -0.05) is 42.5 Å². The van der Waals surface area contributed by atoms with E-state index in [4.69, 9.17) is 4.74 Å².